The molecule has 0 rings (SSSR count). The van der Waals surface area contributed by atoms with Crippen LogP contribution in [0.1, 0.15) is 20.8 Å². The highest BCUT2D eigenvalue weighted by atomic mass is 32.2. The summed E-state index contributed by atoms with van der Waals surface area (Å²) in [6.45, 7) is 5.35. The second kappa shape index (κ2) is 6.71. The molecule has 0 aromatic rings. The third-order valence-electron chi connectivity index (χ3n) is 2.09. The normalized spacial score (nSPS) is 14.7. The van der Waals surface area contributed by atoms with E-state index in [-0.39, 0.29) is 17.7 Å². The summed E-state index contributed by atoms with van der Waals surface area (Å²) >= 11 is 1.57. The van der Waals surface area contributed by atoms with Gasteiger partial charge in [-0.1, -0.05) is 20.8 Å². The van der Waals surface area contributed by atoms with Crippen LogP contribution in [-0.2, 0) is 9.59 Å². The van der Waals surface area contributed by atoms with Crippen molar-refractivity contribution in [3.8, 4) is 0 Å². The van der Waals surface area contributed by atoms with Gasteiger partial charge in [0.25, 0.3) is 0 Å². The van der Waals surface area contributed by atoms with Gasteiger partial charge in [0.15, 0.2) is 0 Å². The Labute approximate surface area is 94.8 Å². The van der Waals surface area contributed by atoms with Crippen molar-refractivity contribution in [3.63, 3.8) is 0 Å². The Kier molecular flexibility index (Phi) is 6.40. The van der Waals surface area contributed by atoms with Crippen LogP contribution in [0, 0.1) is 11.8 Å². The van der Waals surface area contributed by atoms with E-state index < -0.39 is 12.0 Å². The second-order valence-corrected chi connectivity index (χ2v) is 4.84. The van der Waals surface area contributed by atoms with E-state index in [2.05, 4.69) is 5.32 Å². The van der Waals surface area contributed by atoms with Gasteiger partial charge in [0.05, 0.1) is 0 Å². The summed E-state index contributed by atoms with van der Waals surface area (Å²) in [4.78, 5) is 22.4. The SMILES string of the molecule is CSCC(C)C(=O)N[C@H](C(=O)O)C(C)C. The van der Waals surface area contributed by atoms with E-state index in [1.807, 2.05) is 6.26 Å². The van der Waals surface area contributed by atoms with E-state index in [1.54, 1.807) is 32.5 Å². The maximum absolute atomic E-state index is 11.6. The lowest BCUT2D eigenvalue weighted by Crippen LogP contribution is -2.46. The predicted octanol–water partition coefficient (Wildman–Crippen LogP) is 1.21. The largest absolute Gasteiger partial charge is 0.480 e. The maximum atomic E-state index is 11.6. The summed E-state index contributed by atoms with van der Waals surface area (Å²) in [6, 6.07) is -0.790. The van der Waals surface area contributed by atoms with Crippen molar-refractivity contribution in [3.05, 3.63) is 0 Å². The number of carboxylic acids is 1. The van der Waals surface area contributed by atoms with Crippen molar-refractivity contribution in [2.75, 3.05) is 12.0 Å². The second-order valence-electron chi connectivity index (χ2n) is 3.92. The first-order chi connectivity index (χ1) is 6.90. The standard InChI is InChI=1S/C10H19NO3S/c1-6(2)8(10(13)14)11-9(12)7(3)5-15-4/h6-8H,5H2,1-4H3,(H,11,12)(H,13,14)/t7?,8-/m0/s1. The lowest BCUT2D eigenvalue weighted by atomic mass is 10.0. The molecule has 0 radical (unpaired) electrons. The van der Waals surface area contributed by atoms with E-state index in [1.165, 1.54) is 0 Å². The molecule has 4 nitrogen and oxygen atoms in total. The van der Waals surface area contributed by atoms with Gasteiger partial charge in [-0.05, 0) is 12.2 Å². The number of carbonyl (C=O) groups is 2. The number of carboxylic acid groups (broad SMARTS) is 1. The Bertz CT molecular complexity index is 231. The van der Waals surface area contributed by atoms with Crippen molar-refractivity contribution >= 4 is 23.6 Å². The minimum atomic E-state index is -0.977. The molecule has 1 unspecified atom stereocenters. The van der Waals surface area contributed by atoms with Crippen LogP contribution >= 0.6 is 11.8 Å². The average Bonchev–Trinajstić information content (AvgIpc) is 2.12. The number of thioether (sulfide) groups is 1. The summed E-state index contributed by atoms with van der Waals surface area (Å²) in [6.07, 6.45) is 1.92. The molecule has 0 saturated heterocycles. The molecule has 2 atom stereocenters. The zero-order chi connectivity index (χ0) is 12.0. The molecular formula is C10H19NO3S. The summed E-state index contributed by atoms with van der Waals surface area (Å²) in [5, 5.41) is 11.4. The first-order valence-electron chi connectivity index (χ1n) is 4.92. The Hall–Kier alpha value is -0.710. The fourth-order valence-corrected chi connectivity index (χ4v) is 1.79. The van der Waals surface area contributed by atoms with E-state index in [4.69, 9.17) is 5.11 Å². The van der Waals surface area contributed by atoms with Gasteiger partial charge < -0.3 is 10.4 Å². The quantitative estimate of drug-likeness (QED) is 0.723. The monoisotopic (exact) mass is 233 g/mol. The van der Waals surface area contributed by atoms with Gasteiger partial charge in [0, 0.05) is 11.7 Å². The number of amides is 1. The van der Waals surface area contributed by atoms with Crippen LogP contribution in [0.3, 0.4) is 0 Å². The number of hydrogen-bond acceptors (Lipinski definition) is 3. The van der Waals surface area contributed by atoms with Gasteiger partial charge in [0.1, 0.15) is 6.04 Å². The molecule has 0 aliphatic rings. The van der Waals surface area contributed by atoms with Gasteiger partial charge in [-0.25, -0.2) is 4.79 Å². The van der Waals surface area contributed by atoms with Crippen LogP contribution in [0.2, 0.25) is 0 Å². The van der Waals surface area contributed by atoms with E-state index in [0.29, 0.717) is 5.75 Å². The van der Waals surface area contributed by atoms with Gasteiger partial charge in [-0.2, -0.15) is 11.8 Å². The van der Waals surface area contributed by atoms with Crippen LogP contribution in [-0.4, -0.2) is 35.0 Å². The smallest absolute Gasteiger partial charge is 0.326 e. The Morgan fingerprint density at radius 1 is 1.33 bits per heavy atom. The molecule has 88 valence electrons. The van der Waals surface area contributed by atoms with Gasteiger partial charge in [0.2, 0.25) is 5.91 Å². The van der Waals surface area contributed by atoms with Crippen molar-refractivity contribution in [1.29, 1.82) is 0 Å². The van der Waals surface area contributed by atoms with Crippen molar-refractivity contribution in [2.24, 2.45) is 11.8 Å². The summed E-state index contributed by atoms with van der Waals surface area (Å²) in [7, 11) is 0. The molecule has 0 saturated carbocycles. The van der Waals surface area contributed by atoms with Crippen LogP contribution in [0.5, 0.6) is 0 Å². The zero-order valence-electron chi connectivity index (χ0n) is 9.61. The molecule has 0 aliphatic carbocycles. The first-order valence-corrected chi connectivity index (χ1v) is 6.31. The van der Waals surface area contributed by atoms with Crippen LogP contribution in [0.25, 0.3) is 0 Å². The van der Waals surface area contributed by atoms with Gasteiger partial charge >= 0.3 is 5.97 Å². The molecule has 2 N–H and O–H groups in total. The fourth-order valence-electron chi connectivity index (χ4n) is 1.13. The molecule has 0 spiro atoms. The molecule has 1 amide bonds. The first kappa shape index (κ1) is 14.3. The molecule has 0 aromatic carbocycles. The van der Waals surface area contributed by atoms with E-state index >= 15 is 0 Å². The molecule has 15 heavy (non-hydrogen) atoms. The highest BCUT2D eigenvalue weighted by Gasteiger charge is 2.25. The molecule has 0 aromatic heterocycles. The van der Waals surface area contributed by atoms with Crippen molar-refractivity contribution < 1.29 is 14.7 Å². The fraction of sp³-hybridized carbons (Fsp3) is 0.800. The number of rotatable bonds is 6. The molecule has 0 aliphatic heterocycles. The zero-order valence-corrected chi connectivity index (χ0v) is 10.4. The highest BCUT2D eigenvalue weighted by Crippen LogP contribution is 2.07. The topological polar surface area (TPSA) is 66.4 Å². The number of hydrogen-bond donors (Lipinski definition) is 2. The van der Waals surface area contributed by atoms with Crippen LogP contribution < -0.4 is 5.32 Å². The van der Waals surface area contributed by atoms with E-state index in [9.17, 15) is 9.59 Å². The minimum absolute atomic E-state index is 0.104. The minimum Gasteiger partial charge on any atom is -0.480 e. The summed E-state index contributed by atoms with van der Waals surface area (Å²) in [5.41, 5.74) is 0. The molecule has 0 heterocycles. The Balaban J connectivity index is 4.29. The summed E-state index contributed by atoms with van der Waals surface area (Å²) in [5.74, 6) is -0.718. The highest BCUT2D eigenvalue weighted by molar-refractivity contribution is 7.98. The van der Waals surface area contributed by atoms with Gasteiger partial charge in [-0.15, -0.1) is 0 Å². The lowest BCUT2D eigenvalue weighted by molar-refractivity contribution is -0.143. The maximum Gasteiger partial charge on any atom is 0.326 e. The third kappa shape index (κ3) is 5.06. The molecule has 0 bridgehead atoms. The Morgan fingerprint density at radius 2 is 1.87 bits per heavy atom. The number of carbonyl (C=O) groups excluding carboxylic acids is 1. The molecular weight excluding hydrogens is 214 g/mol. The molecule has 5 heteroatoms. The van der Waals surface area contributed by atoms with Crippen LogP contribution in [0.15, 0.2) is 0 Å². The van der Waals surface area contributed by atoms with Crippen molar-refractivity contribution in [2.45, 2.75) is 26.8 Å². The number of nitrogens with one attached hydrogen (secondary N) is 1. The van der Waals surface area contributed by atoms with Crippen LogP contribution in [0.4, 0.5) is 0 Å². The lowest BCUT2D eigenvalue weighted by Gasteiger charge is -2.20. The third-order valence-corrected chi connectivity index (χ3v) is 2.93. The summed E-state index contributed by atoms with van der Waals surface area (Å²) < 4.78 is 0. The Morgan fingerprint density at radius 3 is 2.20 bits per heavy atom. The van der Waals surface area contributed by atoms with Crippen molar-refractivity contribution in [1.82, 2.24) is 5.32 Å². The number of aliphatic carboxylic acids is 1. The van der Waals surface area contributed by atoms with Gasteiger partial charge in [-0.3, -0.25) is 4.79 Å². The average molecular weight is 233 g/mol. The predicted molar refractivity (Wildman–Crippen MR) is 62.0 cm³/mol. The molecule has 0 fully saturated rings. The van der Waals surface area contributed by atoms with E-state index in [0.717, 1.165) is 0 Å².